The molecule has 0 fully saturated rings. The van der Waals surface area contributed by atoms with E-state index in [1.807, 2.05) is 18.2 Å². The van der Waals surface area contributed by atoms with Gasteiger partial charge in [0.05, 0.1) is 0 Å². The molecule has 0 saturated heterocycles. The van der Waals surface area contributed by atoms with Gasteiger partial charge in [-0.2, -0.15) is 0 Å². The van der Waals surface area contributed by atoms with Crippen LogP contribution in [0.15, 0.2) is 29.2 Å². The third-order valence-corrected chi connectivity index (χ3v) is 4.03. The van der Waals surface area contributed by atoms with Crippen molar-refractivity contribution >= 4 is 23.4 Å². The first-order chi connectivity index (χ1) is 8.26. The molecule has 0 amide bonds. The summed E-state index contributed by atoms with van der Waals surface area (Å²) in [4.78, 5) is 1.20. The number of hydrazine groups is 1. The molecule has 1 rings (SSSR count). The van der Waals surface area contributed by atoms with Crippen molar-refractivity contribution in [2.75, 3.05) is 5.75 Å². The highest BCUT2D eigenvalue weighted by atomic mass is 35.5. The summed E-state index contributed by atoms with van der Waals surface area (Å²) >= 11 is 7.74. The van der Waals surface area contributed by atoms with Gasteiger partial charge in [0.1, 0.15) is 0 Å². The van der Waals surface area contributed by atoms with Crippen LogP contribution in [0.5, 0.6) is 0 Å². The van der Waals surface area contributed by atoms with E-state index in [-0.39, 0.29) is 0 Å². The van der Waals surface area contributed by atoms with Crippen LogP contribution in [0.2, 0.25) is 5.02 Å². The minimum absolute atomic E-state index is 0.380. The highest BCUT2D eigenvalue weighted by Gasteiger charge is 2.06. The zero-order chi connectivity index (χ0) is 12.5. The zero-order valence-corrected chi connectivity index (χ0v) is 11.9. The molecule has 17 heavy (non-hydrogen) atoms. The Labute approximate surface area is 113 Å². The summed E-state index contributed by atoms with van der Waals surface area (Å²) in [5.74, 6) is 6.55. The summed E-state index contributed by atoms with van der Waals surface area (Å²) in [6.45, 7) is 2.21. The SMILES string of the molecule is CCCCCC(CSc1cccc(Cl)c1)NN. The first-order valence-electron chi connectivity index (χ1n) is 6.10. The van der Waals surface area contributed by atoms with E-state index in [0.717, 1.165) is 17.2 Å². The van der Waals surface area contributed by atoms with E-state index >= 15 is 0 Å². The molecular formula is C13H21ClN2S. The quantitative estimate of drug-likeness (QED) is 0.327. The number of unbranched alkanes of at least 4 members (excludes halogenated alkanes) is 2. The number of thioether (sulfide) groups is 1. The van der Waals surface area contributed by atoms with Crippen molar-refractivity contribution in [3.63, 3.8) is 0 Å². The van der Waals surface area contributed by atoms with Crippen LogP contribution < -0.4 is 11.3 Å². The highest BCUT2D eigenvalue weighted by Crippen LogP contribution is 2.23. The lowest BCUT2D eigenvalue weighted by atomic mass is 10.1. The molecule has 1 atom stereocenters. The predicted molar refractivity (Wildman–Crippen MR) is 77.4 cm³/mol. The normalized spacial score (nSPS) is 12.6. The van der Waals surface area contributed by atoms with E-state index in [1.165, 1.54) is 24.2 Å². The van der Waals surface area contributed by atoms with Crippen LogP contribution in [0.1, 0.15) is 32.6 Å². The number of benzene rings is 1. The summed E-state index contributed by atoms with van der Waals surface area (Å²) < 4.78 is 0. The molecule has 3 N–H and O–H groups in total. The summed E-state index contributed by atoms with van der Waals surface area (Å²) in [7, 11) is 0. The topological polar surface area (TPSA) is 38.0 Å². The third kappa shape index (κ3) is 6.32. The molecule has 96 valence electrons. The van der Waals surface area contributed by atoms with Gasteiger partial charge >= 0.3 is 0 Å². The van der Waals surface area contributed by atoms with E-state index < -0.39 is 0 Å². The van der Waals surface area contributed by atoms with Crippen molar-refractivity contribution in [2.45, 2.75) is 43.5 Å². The van der Waals surface area contributed by atoms with Crippen molar-refractivity contribution in [3.8, 4) is 0 Å². The number of hydrogen-bond donors (Lipinski definition) is 2. The summed E-state index contributed by atoms with van der Waals surface area (Å²) in [5.41, 5.74) is 2.89. The Balaban J connectivity index is 2.31. The highest BCUT2D eigenvalue weighted by molar-refractivity contribution is 7.99. The summed E-state index contributed by atoms with van der Waals surface area (Å²) in [5, 5.41) is 0.790. The van der Waals surface area contributed by atoms with Crippen molar-refractivity contribution in [1.29, 1.82) is 0 Å². The Bertz CT molecular complexity index is 320. The lowest BCUT2D eigenvalue weighted by Gasteiger charge is -2.15. The smallest absolute Gasteiger partial charge is 0.0417 e. The van der Waals surface area contributed by atoms with E-state index in [4.69, 9.17) is 17.4 Å². The zero-order valence-electron chi connectivity index (χ0n) is 10.3. The molecule has 0 aromatic heterocycles. The maximum atomic E-state index is 5.94. The first-order valence-corrected chi connectivity index (χ1v) is 7.47. The van der Waals surface area contributed by atoms with Crippen molar-refractivity contribution < 1.29 is 0 Å². The number of hydrogen-bond acceptors (Lipinski definition) is 3. The van der Waals surface area contributed by atoms with E-state index in [9.17, 15) is 0 Å². The molecule has 1 aromatic carbocycles. The average Bonchev–Trinajstić information content (AvgIpc) is 2.34. The van der Waals surface area contributed by atoms with Crippen LogP contribution in [0.25, 0.3) is 0 Å². The lowest BCUT2D eigenvalue weighted by Crippen LogP contribution is -2.36. The van der Waals surface area contributed by atoms with Crippen LogP contribution in [-0.2, 0) is 0 Å². The average molecular weight is 273 g/mol. The molecule has 2 nitrogen and oxygen atoms in total. The molecule has 0 bridgehead atoms. The summed E-state index contributed by atoms with van der Waals surface area (Å²) in [6.07, 6.45) is 4.90. The van der Waals surface area contributed by atoms with Gasteiger partial charge in [0.2, 0.25) is 0 Å². The van der Waals surface area contributed by atoms with E-state index in [0.29, 0.717) is 6.04 Å². The third-order valence-electron chi connectivity index (χ3n) is 2.64. The van der Waals surface area contributed by atoms with Crippen LogP contribution >= 0.6 is 23.4 Å². The Kier molecular flexibility index (Phi) is 7.69. The molecular weight excluding hydrogens is 252 g/mol. The molecule has 0 saturated carbocycles. The largest absolute Gasteiger partial charge is 0.271 e. The minimum Gasteiger partial charge on any atom is -0.271 e. The molecule has 1 aromatic rings. The fraction of sp³-hybridized carbons (Fsp3) is 0.538. The second kappa shape index (κ2) is 8.81. The van der Waals surface area contributed by atoms with Gasteiger partial charge in [0.15, 0.2) is 0 Å². The van der Waals surface area contributed by atoms with Crippen LogP contribution in [-0.4, -0.2) is 11.8 Å². The fourth-order valence-corrected chi connectivity index (χ4v) is 2.91. The maximum absolute atomic E-state index is 5.94. The number of halogens is 1. The molecule has 0 aliphatic heterocycles. The molecule has 0 radical (unpaired) electrons. The van der Waals surface area contributed by atoms with Crippen molar-refractivity contribution in [1.82, 2.24) is 5.43 Å². The van der Waals surface area contributed by atoms with Crippen LogP contribution in [0, 0.1) is 0 Å². The number of rotatable bonds is 8. The molecule has 0 aliphatic rings. The Morgan fingerprint density at radius 1 is 1.41 bits per heavy atom. The molecule has 1 unspecified atom stereocenters. The molecule has 0 spiro atoms. The Morgan fingerprint density at radius 2 is 2.24 bits per heavy atom. The van der Waals surface area contributed by atoms with Gasteiger partial charge in [-0.05, 0) is 24.6 Å². The molecule has 0 heterocycles. The predicted octanol–water partition coefficient (Wildman–Crippen LogP) is 3.84. The van der Waals surface area contributed by atoms with Crippen LogP contribution in [0.4, 0.5) is 0 Å². The first kappa shape index (κ1) is 14.8. The minimum atomic E-state index is 0.380. The van der Waals surface area contributed by atoms with Crippen LogP contribution in [0.3, 0.4) is 0 Å². The molecule has 4 heteroatoms. The van der Waals surface area contributed by atoms with Gasteiger partial charge in [-0.25, -0.2) is 0 Å². The molecule has 0 aliphatic carbocycles. The lowest BCUT2D eigenvalue weighted by molar-refractivity contribution is 0.507. The monoisotopic (exact) mass is 272 g/mol. The van der Waals surface area contributed by atoms with Gasteiger partial charge in [-0.3, -0.25) is 11.3 Å². The second-order valence-electron chi connectivity index (χ2n) is 4.13. The van der Waals surface area contributed by atoms with Gasteiger partial charge in [0.25, 0.3) is 0 Å². The van der Waals surface area contributed by atoms with E-state index in [2.05, 4.69) is 18.4 Å². The number of nitrogens with one attached hydrogen (secondary N) is 1. The second-order valence-corrected chi connectivity index (χ2v) is 5.66. The van der Waals surface area contributed by atoms with Crippen molar-refractivity contribution in [2.24, 2.45) is 5.84 Å². The number of nitrogens with two attached hydrogens (primary N) is 1. The standard InChI is InChI=1S/C13H21ClN2S/c1-2-3-4-7-12(16-15)10-17-13-8-5-6-11(14)9-13/h5-6,8-9,12,16H,2-4,7,10,15H2,1H3. The Hall–Kier alpha value is -0.220. The Morgan fingerprint density at radius 3 is 2.88 bits per heavy atom. The van der Waals surface area contributed by atoms with Gasteiger partial charge < -0.3 is 0 Å². The van der Waals surface area contributed by atoms with Gasteiger partial charge in [0, 0.05) is 21.7 Å². The van der Waals surface area contributed by atoms with E-state index in [1.54, 1.807) is 11.8 Å². The van der Waals surface area contributed by atoms with Gasteiger partial charge in [-0.15, -0.1) is 11.8 Å². The summed E-state index contributed by atoms with van der Waals surface area (Å²) in [6, 6.07) is 8.32. The maximum Gasteiger partial charge on any atom is 0.0417 e. The van der Waals surface area contributed by atoms with Crippen molar-refractivity contribution in [3.05, 3.63) is 29.3 Å². The fourth-order valence-electron chi connectivity index (χ4n) is 1.61. The van der Waals surface area contributed by atoms with Gasteiger partial charge in [-0.1, -0.05) is 43.9 Å².